The number of nitrogens with one attached hydrogen (secondary N) is 1. The van der Waals surface area contributed by atoms with Crippen LogP contribution >= 0.6 is 12.4 Å². The fourth-order valence-electron chi connectivity index (χ4n) is 4.89. The van der Waals surface area contributed by atoms with Crippen molar-refractivity contribution in [1.82, 2.24) is 20.0 Å². The number of urea groups is 1. The van der Waals surface area contributed by atoms with Crippen LogP contribution in [0.15, 0.2) is 0 Å². The average molecular weight is 413 g/mol. The van der Waals surface area contributed by atoms with Crippen LogP contribution in [-0.2, 0) is 9.59 Å². The van der Waals surface area contributed by atoms with E-state index in [1.54, 1.807) is 11.9 Å². The normalized spacial score (nSPS) is 25.4. The van der Waals surface area contributed by atoms with Crippen molar-refractivity contribution in [1.29, 1.82) is 0 Å². The smallest absolute Gasteiger partial charge is 0.327 e. The Hall–Kier alpha value is -1.34. The molecule has 0 aromatic carbocycles. The number of halogens is 1. The summed E-state index contributed by atoms with van der Waals surface area (Å²) in [6, 6.07) is 0.178. The van der Waals surface area contributed by atoms with E-state index in [0.717, 1.165) is 57.4 Å². The molecule has 0 aromatic heterocycles. The van der Waals surface area contributed by atoms with Crippen LogP contribution in [0, 0.1) is 5.92 Å². The fraction of sp³-hybridized carbons (Fsp3) is 0.850. The lowest BCUT2D eigenvalue weighted by Crippen LogP contribution is -2.50. The molecule has 2 saturated heterocycles. The summed E-state index contributed by atoms with van der Waals surface area (Å²) in [4.78, 5) is 43.0. The number of hydrogen-bond acceptors (Lipinski definition) is 4. The molecule has 4 amide bonds. The predicted octanol–water partition coefficient (Wildman–Crippen LogP) is 2.00. The molecule has 28 heavy (non-hydrogen) atoms. The molecule has 2 saturated carbocycles. The van der Waals surface area contributed by atoms with Crippen LogP contribution in [0.2, 0.25) is 0 Å². The second kappa shape index (κ2) is 8.57. The highest BCUT2D eigenvalue weighted by molar-refractivity contribution is 6.08. The van der Waals surface area contributed by atoms with Crippen molar-refractivity contribution in [3.05, 3.63) is 0 Å². The average Bonchev–Trinajstić information content (AvgIpc) is 3.51. The SMILES string of the molecule is CN1C(=O)N(CC(=O)N2CCC(NCC3CC3)CC2)C(=O)C12CCCCC2.Cl. The van der Waals surface area contributed by atoms with Gasteiger partial charge >= 0.3 is 6.03 Å². The predicted molar refractivity (Wildman–Crippen MR) is 108 cm³/mol. The van der Waals surface area contributed by atoms with Gasteiger partial charge in [-0.3, -0.25) is 14.5 Å². The van der Waals surface area contributed by atoms with E-state index in [9.17, 15) is 14.4 Å². The van der Waals surface area contributed by atoms with Gasteiger partial charge in [0.2, 0.25) is 5.91 Å². The first-order valence-corrected chi connectivity index (χ1v) is 10.6. The molecule has 0 unspecified atom stereocenters. The summed E-state index contributed by atoms with van der Waals surface area (Å²) in [7, 11) is 1.72. The third-order valence-corrected chi connectivity index (χ3v) is 7.02. The van der Waals surface area contributed by atoms with E-state index in [0.29, 0.717) is 19.1 Å². The van der Waals surface area contributed by atoms with Crippen LogP contribution in [0.1, 0.15) is 57.8 Å². The van der Waals surface area contributed by atoms with E-state index >= 15 is 0 Å². The van der Waals surface area contributed by atoms with Crippen LogP contribution in [0.25, 0.3) is 0 Å². The molecule has 4 aliphatic rings. The number of likely N-dealkylation sites (N-methyl/N-ethyl adjacent to an activating group) is 1. The molecule has 2 heterocycles. The summed E-state index contributed by atoms with van der Waals surface area (Å²) in [6.45, 7) is 2.41. The minimum Gasteiger partial charge on any atom is -0.341 e. The van der Waals surface area contributed by atoms with Crippen molar-refractivity contribution in [3.8, 4) is 0 Å². The van der Waals surface area contributed by atoms with Crippen molar-refractivity contribution < 1.29 is 14.4 Å². The second-order valence-electron chi connectivity index (χ2n) is 8.83. The number of imide groups is 1. The summed E-state index contributed by atoms with van der Waals surface area (Å²) in [5.41, 5.74) is -0.699. The van der Waals surface area contributed by atoms with Crippen LogP contribution in [-0.4, -0.2) is 77.4 Å². The van der Waals surface area contributed by atoms with Crippen molar-refractivity contribution in [3.63, 3.8) is 0 Å². The molecule has 0 radical (unpaired) electrons. The van der Waals surface area contributed by atoms with E-state index in [1.165, 1.54) is 17.7 Å². The van der Waals surface area contributed by atoms with Gasteiger partial charge in [-0.25, -0.2) is 4.79 Å². The molecule has 0 bridgehead atoms. The number of carbonyl (C=O) groups excluding carboxylic acids is 3. The van der Waals surface area contributed by atoms with Crippen molar-refractivity contribution in [2.24, 2.45) is 5.92 Å². The molecule has 1 spiro atoms. The summed E-state index contributed by atoms with van der Waals surface area (Å²) < 4.78 is 0. The molecule has 4 fully saturated rings. The van der Waals surface area contributed by atoms with Crippen molar-refractivity contribution in [2.75, 3.05) is 33.2 Å². The van der Waals surface area contributed by atoms with Gasteiger partial charge in [0.1, 0.15) is 12.1 Å². The highest BCUT2D eigenvalue weighted by Gasteiger charge is 2.56. The minimum absolute atomic E-state index is 0. The largest absolute Gasteiger partial charge is 0.341 e. The number of amides is 4. The third-order valence-electron chi connectivity index (χ3n) is 7.02. The quantitative estimate of drug-likeness (QED) is 0.701. The van der Waals surface area contributed by atoms with E-state index in [4.69, 9.17) is 0 Å². The molecule has 7 nitrogen and oxygen atoms in total. The Morgan fingerprint density at radius 3 is 2.32 bits per heavy atom. The molecule has 0 aromatic rings. The summed E-state index contributed by atoms with van der Waals surface area (Å²) in [5, 5.41) is 3.61. The molecule has 2 aliphatic carbocycles. The van der Waals surface area contributed by atoms with Gasteiger partial charge in [-0.05, 0) is 51.0 Å². The van der Waals surface area contributed by atoms with Crippen LogP contribution < -0.4 is 5.32 Å². The summed E-state index contributed by atoms with van der Waals surface area (Å²) in [6.07, 6.45) is 9.07. The molecule has 0 atom stereocenters. The van der Waals surface area contributed by atoms with Crippen LogP contribution in [0.5, 0.6) is 0 Å². The molecular formula is C20H33ClN4O3. The Balaban J connectivity index is 0.00000225. The zero-order chi connectivity index (χ0) is 19.0. The van der Waals surface area contributed by atoms with Crippen LogP contribution in [0.4, 0.5) is 4.79 Å². The fourth-order valence-corrected chi connectivity index (χ4v) is 4.89. The first-order valence-electron chi connectivity index (χ1n) is 10.6. The molecule has 2 aliphatic heterocycles. The number of nitrogens with zero attached hydrogens (tertiary/aromatic N) is 3. The van der Waals surface area contributed by atoms with Gasteiger partial charge in [0.05, 0.1) is 0 Å². The van der Waals surface area contributed by atoms with Gasteiger partial charge in [0.25, 0.3) is 5.91 Å². The van der Waals surface area contributed by atoms with Gasteiger partial charge in [-0.2, -0.15) is 0 Å². The number of carbonyl (C=O) groups is 3. The van der Waals surface area contributed by atoms with Crippen LogP contribution in [0.3, 0.4) is 0 Å². The van der Waals surface area contributed by atoms with E-state index in [1.807, 2.05) is 4.90 Å². The summed E-state index contributed by atoms with van der Waals surface area (Å²) in [5.74, 6) is 0.601. The Kier molecular flexibility index (Phi) is 6.54. The third kappa shape index (κ3) is 4.01. The van der Waals surface area contributed by atoms with E-state index in [-0.39, 0.29) is 36.8 Å². The molecule has 158 valence electrons. The number of hydrogen-bond donors (Lipinski definition) is 1. The zero-order valence-corrected chi connectivity index (χ0v) is 17.6. The molecule has 8 heteroatoms. The maximum absolute atomic E-state index is 13.0. The maximum atomic E-state index is 13.0. The Labute approximate surface area is 173 Å². The number of likely N-dealkylation sites (tertiary alicyclic amines) is 1. The standard InChI is InChI=1S/C20H32N4O3.ClH/c1-22-19(27)24(18(26)20(22)9-3-2-4-10-20)14-17(25)23-11-7-16(8-12-23)21-13-15-5-6-15;/h15-16,21H,2-14H2,1H3;1H. The van der Waals surface area contributed by atoms with Crippen molar-refractivity contribution >= 4 is 30.3 Å². The van der Waals surface area contributed by atoms with Gasteiger partial charge < -0.3 is 15.1 Å². The minimum atomic E-state index is -0.699. The Morgan fingerprint density at radius 1 is 1.07 bits per heavy atom. The van der Waals surface area contributed by atoms with E-state index in [2.05, 4.69) is 5.32 Å². The van der Waals surface area contributed by atoms with Gasteiger partial charge in [-0.1, -0.05) is 19.3 Å². The topological polar surface area (TPSA) is 73.0 Å². The molecule has 4 rings (SSSR count). The number of rotatable bonds is 5. The number of piperidine rings is 1. The van der Waals surface area contributed by atoms with Gasteiger partial charge in [0.15, 0.2) is 0 Å². The monoisotopic (exact) mass is 412 g/mol. The first kappa shape index (κ1) is 21.4. The zero-order valence-electron chi connectivity index (χ0n) is 16.8. The van der Waals surface area contributed by atoms with E-state index < -0.39 is 5.54 Å². The van der Waals surface area contributed by atoms with Crippen molar-refractivity contribution in [2.45, 2.75) is 69.4 Å². The molecular weight excluding hydrogens is 380 g/mol. The lowest BCUT2D eigenvalue weighted by Gasteiger charge is -2.36. The second-order valence-corrected chi connectivity index (χ2v) is 8.83. The lowest BCUT2D eigenvalue weighted by molar-refractivity contribution is -0.141. The Morgan fingerprint density at radius 2 is 1.71 bits per heavy atom. The first-order chi connectivity index (χ1) is 13.0. The van der Waals surface area contributed by atoms with Gasteiger partial charge in [-0.15, -0.1) is 12.4 Å². The lowest BCUT2D eigenvalue weighted by atomic mass is 9.81. The highest BCUT2D eigenvalue weighted by Crippen LogP contribution is 2.39. The summed E-state index contributed by atoms with van der Waals surface area (Å²) >= 11 is 0. The maximum Gasteiger partial charge on any atom is 0.327 e. The molecule has 1 N–H and O–H groups in total. The van der Waals surface area contributed by atoms with Gasteiger partial charge in [0, 0.05) is 26.2 Å². The Bertz CT molecular complexity index is 611. The highest BCUT2D eigenvalue weighted by atomic mass is 35.5.